The van der Waals surface area contributed by atoms with E-state index in [0.29, 0.717) is 9.88 Å². The van der Waals surface area contributed by atoms with Crippen LogP contribution in [0.15, 0.2) is 0 Å². The van der Waals surface area contributed by atoms with E-state index in [9.17, 15) is 9.59 Å². The van der Waals surface area contributed by atoms with Crippen molar-refractivity contribution < 1.29 is 9.59 Å². The van der Waals surface area contributed by atoms with E-state index in [1.807, 2.05) is 0 Å². The minimum atomic E-state index is -0.616. The van der Waals surface area contributed by atoms with Gasteiger partial charge in [-0.1, -0.05) is 0 Å². The summed E-state index contributed by atoms with van der Waals surface area (Å²) in [6.07, 6.45) is 1.95. The summed E-state index contributed by atoms with van der Waals surface area (Å²) < 4.78 is 0. The summed E-state index contributed by atoms with van der Waals surface area (Å²) in [5.41, 5.74) is 11.7. The number of hydrogen-bond acceptors (Lipinski definition) is 6. The second kappa shape index (κ2) is 6.31. The molecule has 1 saturated heterocycles. The number of nitrogen functional groups attached to an aromatic ring is 1. The van der Waals surface area contributed by atoms with Crippen molar-refractivity contribution >= 4 is 33.8 Å². The number of anilines is 2. The molecular formula is C13H21N5O2S. The van der Waals surface area contributed by atoms with Crippen molar-refractivity contribution in [2.75, 3.05) is 38.2 Å². The average molecular weight is 311 g/mol. The smallest absolute Gasteiger partial charge is 0.263 e. The van der Waals surface area contributed by atoms with Crippen molar-refractivity contribution in [2.45, 2.75) is 18.9 Å². The number of primary amides is 1. The summed E-state index contributed by atoms with van der Waals surface area (Å²) in [5, 5.41) is 6.43. The highest BCUT2D eigenvalue weighted by molar-refractivity contribution is 7.19. The normalized spacial score (nSPS) is 16.7. The predicted octanol–water partition coefficient (Wildman–Crippen LogP) is 0.295. The zero-order chi connectivity index (χ0) is 15.6. The molecule has 0 aromatic carbocycles. The third-order valence-electron chi connectivity index (χ3n) is 3.68. The van der Waals surface area contributed by atoms with Crippen LogP contribution in [-0.4, -0.2) is 49.9 Å². The van der Waals surface area contributed by atoms with Gasteiger partial charge in [-0.3, -0.25) is 9.59 Å². The van der Waals surface area contributed by atoms with Gasteiger partial charge in [0.15, 0.2) is 0 Å². The van der Waals surface area contributed by atoms with Crippen molar-refractivity contribution in [1.82, 2.24) is 10.2 Å². The molecule has 1 aliphatic rings. The number of amides is 2. The van der Waals surface area contributed by atoms with Crippen molar-refractivity contribution in [3.05, 3.63) is 10.4 Å². The summed E-state index contributed by atoms with van der Waals surface area (Å²) in [5.74, 6) is -0.925. The predicted molar refractivity (Wildman–Crippen MR) is 84.8 cm³/mol. The zero-order valence-electron chi connectivity index (χ0n) is 12.2. The molecule has 1 aromatic rings. The average Bonchev–Trinajstić information content (AvgIpc) is 2.77. The van der Waals surface area contributed by atoms with Gasteiger partial charge in [-0.05, 0) is 33.0 Å². The number of carbonyl (C=O) groups excluding carboxylic acids is 2. The van der Waals surface area contributed by atoms with E-state index < -0.39 is 5.91 Å². The Morgan fingerprint density at radius 2 is 1.95 bits per heavy atom. The van der Waals surface area contributed by atoms with Gasteiger partial charge in [0.25, 0.3) is 11.8 Å². The van der Waals surface area contributed by atoms with Crippen LogP contribution in [0.5, 0.6) is 0 Å². The molecule has 1 aromatic heterocycles. The lowest BCUT2D eigenvalue weighted by Crippen LogP contribution is -2.36. The zero-order valence-corrected chi connectivity index (χ0v) is 13.0. The highest BCUT2D eigenvalue weighted by Crippen LogP contribution is 2.36. The van der Waals surface area contributed by atoms with E-state index in [2.05, 4.69) is 22.6 Å². The van der Waals surface area contributed by atoms with Crippen LogP contribution in [0.3, 0.4) is 0 Å². The maximum Gasteiger partial charge on any atom is 0.263 e. The molecule has 1 aliphatic heterocycles. The lowest BCUT2D eigenvalue weighted by molar-refractivity contribution is 0.0967. The van der Waals surface area contributed by atoms with Gasteiger partial charge < -0.3 is 27.0 Å². The Hall–Kier alpha value is -1.80. The lowest BCUT2D eigenvalue weighted by Gasteiger charge is -2.29. The molecule has 0 unspecified atom stereocenters. The number of nitrogens with zero attached hydrogens (tertiary/aromatic N) is 1. The van der Waals surface area contributed by atoms with E-state index in [4.69, 9.17) is 11.5 Å². The first-order chi connectivity index (χ1) is 9.93. The van der Waals surface area contributed by atoms with E-state index in [-0.39, 0.29) is 23.2 Å². The van der Waals surface area contributed by atoms with E-state index >= 15 is 0 Å². The summed E-state index contributed by atoms with van der Waals surface area (Å²) in [6, 6.07) is 0.259. The lowest BCUT2D eigenvalue weighted by atomic mass is 10.1. The van der Waals surface area contributed by atoms with Gasteiger partial charge >= 0.3 is 0 Å². The van der Waals surface area contributed by atoms with Crippen LogP contribution >= 0.6 is 11.3 Å². The third-order valence-corrected chi connectivity index (χ3v) is 4.81. The Morgan fingerprint density at radius 3 is 2.48 bits per heavy atom. The van der Waals surface area contributed by atoms with Gasteiger partial charge in [0.2, 0.25) is 0 Å². The van der Waals surface area contributed by atoms with Crippen LogP contribution in [0.2, 0.25) is 0 Å². The fourth-order valence-corrected chi connectivity index (χ4v) is 3.56. The molecule has 6 N–H and O–H groups in total. The van der Waals surface area contributed by atoms with Gasteiger partial charge in [0, 0.05) is 13.1 Å². The van der Waals surface area contributed by atoms with Crippen LogP contribution in [0.4, 0.5) is 10.7 Å². The first-order valence-corrected chi connectivity index (χ1v) is 7.65. The quantitative estimate of drug-likeness (QED) is 0.638. The van der Waals surface area contributed by atoms with E-state index in [1.165, 1.54) is 18.4 Å². The molecule has 2 heterocycles. The van der Waals surface area contributed by atoms with Crippen LogP contribution in [0, 0.1) is 0 Å². The molecule has 0 atom stereocenters. The molecule has 21 heavy (non-hydrogen) atoms. The molecule has 0 radical (unpaired) electrons. The van der Waals surface area contributed by atoms with Crippen molar-refractivity contribution in [3.63, 3.8) is 0 Å². The summed E-state index contributed by atoms with van der Waals surface area (Å²) in [4.78, 5) is 26.0. The topological polar surface area (TPSA) is 113 Å². The van der Waals surface area contributed by atoms with Crippen molar-refractivity contribution in [3.8, 4) is 0 Å². The molecule has 0 saturated carbocycles. The molecule has 2 rings (SSSR count). The number of rotatable bonds is 4. The highest BCUT2D eigenvalue weighted by Gasteiger charge is 2.26. The molecule has 7 nitrogen and oxygen atoms in total. The monoisotopic (exact) mass is 311 g/mol. The first kappa shape index (κ1) is 15.6. The molecule has 0 bridgehead atoms. The number of thiophene rings is 1. The van der Waals surface area contributed by atoms with Crippen molar-refractivity contribution in [2.24, 2.45) is 5.73 Å². The van der Waals surface area contributed by atoms with Gasteiger partial charge in [-0.15, -0.1) is 11.3 Å². The highest BCUT2D eigenvalue weighted by atomic mass is 32.1. The SMILES string of the molecule is CNC(=O)c1sc(NC2CCN(C)CC2)c(C(N)=O)c1N. The molecule has 0 spiro atoms. The largest absolute Gasteiger partial charge is 0.397 e. The summed E-state index contributed by atoms with van der Waals surface area (Å²) in [7, 11) is 3.60. The van der Waals surface area contributed by atoms with Gasteiger partial charge in [-0.25, -0.2) is 0 Å². The minimum Gasteiger partial charge on any atom is -0.397 e. The Bertz CT molecular complexity index is 549. The molecule has 8 heteroatoms. The van der Waals surface area contributed by atoms with Crippen molar-refractivity contribution in [1.29, 1.82) is 0 Å². The standard InChI is InChI=1S/C13H21N5O2S/c1-16-12(20)10-9(14)8(11(15)19)13(21-10)17-7-3-5-18(2)6-4-7/h7,17H,3-6,14H2,1-2H3,(H2,15,19)(H,16,20). The number of piperidine rings is 1. The van der Waals surface area contributed by atoms with Crippen LogP contribution < -0.4 is 22.1 Å². The number of likely N-dealkylation sites (tertiary alicyclic amines) is 1. The third kappa shape index (κ3) is 3.27. The summed E-state index contributed by atoms with van der Waals surface area (Å²) >= 11 is 1.18. The van der Waals surface area contributed by atoms with Crippen LogP contribution in [0.25, 0.3) is 0 Å². The number of carbonyl (C=O) groups is 2. The fourth-order valence-electron chi connectivity index (χ4n) is 2.41. The van der Waals surface area contributed by atoms with Gasteiger partial charge in [0.05, 0.1) is 11.3 Å². The Labute approximate surface area is 127 Å². The van der Waals surface area contributed by atoms with E-state index in [0.717, 1.165) is 25.9 Å². The summed E-state index contributed by atoms with van der Waals surface area (Å²) in [6.45, 7) is 1.99. The maximum absolute atomic E-state index is 11.8. The van der Waals surface area contributed by atoms with Gasteiger partial charge in [0.1, 0.15) is 9.88 Å². The number of nitrogens with two attached hydrogens (primary N) is 2. The molecule has 1 fully saturated rings. The Morgan fingerprint density at radius 1 is 1.33 bits per heavy atom. The van der Waals surface area contributed by atoms with Gasteiger partial charge in [-0.2, -0.15) is 0 Å². The number of hydrogen-bond donors (Lipinski definition) is 4. The first-order valence-electron chi connectivity index (χ1n) is 6.83. The molecule has 116 valence electrons. The molecular weight excluding hydrogens is 290 g/mol. The second-order valence-electron chi connectivity index (χ2n) is 5.21. The minimum absolute atomic E-state index is 0.155. The second-order valence-corrected chi connectivity index (χ2v) is 6.23. The Kier molecular flexibility index (Phi) is 4.69. The fraction of sp³-hybridized carbons (Fsp3) is 0.538. The maximum atomic E-state index is 11.8. The Balaban J connectivity index is 2.25. The molecule has 0 aliphatic carbocycles. The van der Waals surface area contributed by atoms with Crippen LogP contribution in [0.1, 0.15) is 32.9 Å². The molecule has 2 amide bonds. The number of nitrogens with one attached hydrogen (secondary N) is 2. The van der Waals surface area contributed by atoms with E-state index in [1.54, 1.807) is 0 Å². The van der Waals surface area contributed by atoms with Crippen LogP contribution in [-0.2, 0) is 0 Å².